The molecule has 20 heavy (non-hydrogen) atoms. The summed E-state index contributed by atoms with van der Waals surface area (Å²) in [7, 11) is -3.58. The van der Waals surface area contributed by atoms with Crippen molar-refractivity contribution in [2.24, 2.45) is 0 Å². The molecule has 1 heterocycles. The first-order chi connectivity index (χ1) is 9.50. The maximum atomic E-state index is 11.9. The van der Waals surface area contributed by atoms with Crippen LogP contribution in [0.4, 0.5) is 5.82 Å². The van der Waals surface area contributed by atoms with Crippen LogP contribution >= 0.6 is 11.6 Å². The van der Waals surface area contributed by atoms with E-state index in [0.29, 0.717) is 17.3 Å². The van der Waals surface area contributed by atoms with Gasteiger partial charge in [0.25, 0.3) is 10.0 Å². The maximum absolute atomic E-state index is 11.9. The molecule has 0 bridgehead atoms. The third kappa shape index (κ3) is 3.85. The third-order valence-electron chi connectivity index (χ3n) is 2.65. The molecule has 0 spiro atoms. The molecular formula is C13H14ClN3O2S. The molecule has 0 saturated heterocycles. The van der Waals surface area contributed by atoms with Gasteiger partial charge >= 0.3 is 0 Å². The fourth-order valence-electron chi connectivity index (χ4n) is 1.59. The lowest BCUT2D eigenvalue weighted by Crippen LogP contribution is -2.10. The number of nitrogens with zero attached hydrogens (tertiary/aromatic N) is 1. The summed E-state index contributed by atoms with van der Waals surface area (Å²) in [5.41, 5.74) is 1.56. The van der Waals surface area contributed by atoms with Crippen LogP contribution in [-0.2, 0) is 16.4 Å². The summed E-state index contributed by atoms with van der Waals surface area (Å²) in [6, 6.07) is 6.88. The minimum atomic E-state index is -3.58. The number of aryl methyl sites for hydroxylation is 1. The Labute approximate surface area is 122 Å². The van der Waals surface area contributed by atoms with Gasteiger partial charge < -0.3 is 0 Å². The monoisotopic (exact) mass is 311 g/mol. The summed E-state index contributed by atoms with van der Waals surface area (Å²) in [6.07, 6.45) is 3.79. The third-order valence-corrected chi connectivity index (χ3v) is 3.89. The van der Waals surface area contributed by atoms with E-state index in [9.17, 15) is 8.42 Å². The predicted octanol–water partition coefficient (Wildman–Crippen LogP) is 3.04. The van der Waals surface area contributed by atoms with Gasteiger partial charge in [-0.2, -0.15) is 5.10 Å². The highest BCUT2D eigenvalue weighted by Crippen LogP contribution is 2.15. The predicted molar refractivity (Wildman–Crippen MR) is 81.0 cm³/mol. The van der Waals surface area contributed by atoms with E-state index in [1.54, 1.807) is 30.5 Å². The number of aromatic amines is 1. The molecule has 0 aliphatic carbocycles. The van der Waals surface area contributed by atoms with Crippen molar-refractivity contribution in [2.75, 3.05) is 4.72 Å². The minimum absolute atomic E-state index is 0.397. The van der Waals surface area contributed by atoms with Gasteiger partial charge in [0.1, 0.15) is 5.82 Å². The lowest BCUT2D eigenvalue weighted by Gasteiger charge is -2.03. The van der Waals surface area contributed by atoms with Crippen LogP contribution in [0.5, 0.6) is 0 Å². The van der Waals surface area contributed by atoms with Crippen molar-refractivity contribution in [1.29, 1.82) is 0 Å². The first-order valence-corrected chi connectivity index (χ1v) is 7.91. The van der Waals surface area contributed by atoms with E-state index in [1.165, 1.54) is 6.08 Å². The summed E-state index contributed by atoms with van der Waals surface area (Å²) < 4.78 is 26.3. The number of hydrogen-bond acceptors (Lipinski definition) is 3. The largest absolute Gasteiger partial charge is 0.264 e. The molecule has 0 unspecified atom stereocenters. The average molecular weight is 312 g/mol. The molecule has 1 aromatic heterocycles. The number of nitrogens with one attached hydrogen (secondary N) is 2. The van der Waals surface area contributed by atoms with E-state index in [0.717, 1.165) is 16.5 Å². The van der Waals surface area contributed by atoms with Crippen LogP contribution in [0.15, 0.2) is 35.9 Å². The van der Waals surface area contributed by atoms with E-state index in [2.05, 4.69) is 14.9 Å². The molecule has 0 amide bonds. The van der Waals surface area contributed by atoms with Gasteiger partial charge in [0.05, 0.1) is 11.6 Å². The molecule has 1 aromatic carbocycles. The van der Waals surface area contributed by atoms with Crippen molar-refractivity contribution in [3.05, 3.63) is 52.0 Å². The van der Waals surface area contributed by atoms with E-state index >= 15 is 0 Å². The van der Waals surface area contributed by atoms with E-state index < -0.39 is 10.0 Å². The number of aromatic nitrogens is 2. The summed E-state index contributed by atoms with van der Waals surface area (Å²) in [5.74, 6) is 0.397. The number of anilines is 1. The highest BCUT2D eigenvalue weighted by molar-refractivity contribution is 7.95. The zero-order valence-corrected chi connectivity index (χ0v) is 12.4. The molecule has 0 aliphatic heterocycles. The topological polar surface area (TPSA) is 74.8 Å². The normalized spacial score (nSPS) is 11.9. The van der Waals surface area contributed by atoms with Gasteiger partial charge in [-0.1, -0.05) is 30.7 Å². The van der Waals surface area contributed by atoms with Crippen molar-refractivity contribution >= 4 is 33.5 Å². The van der Waals surface area contributed by atoms with Crippen LogP contribution in [0.1, 0.15) is 18.1 Å². The van der Waals surface area contributed by atoms with Crippen molar-refractivity contribution in [1.82, 2.24) is 10.2 Å². The van der Waals surface area contributed by atoms with Crippen LogP contribution < -0.4 is 4.72 Å². The molecule has 2 N–H and O–H groups in total. The van der Waals surface area contributed by atoms with Crippen molar-refractivity contribution in [3.8, 4) is 0 Å². The Kier molecular flexibility index (Phi) is 4.46. The Balaban J connectivity index is 2.13. The summed E-state index contributed by atoms with van der Waals surface area (Å²) in [5, 5.41) is 8.15. The van der Waals surface area contributed by atoms with Crippen LogP contribution in [-0.4, -0.2) is 18.6 Å². The molecule has 0 fully saturated rings. The molecule has 0 saturated carbocycles. The van der Waals surface area contributed by atoms with Crippen LogP contribution in [0.2, 0.25) is 5.02 Å². The molecule has 0 aliphatic rings. The number of sulfonamides is 1. The second-order valence-corrected chi connectivity index (χ2v) is 6.13. The Hall–Kier alpha value is -1.79. The lowest BCUT2D eigenvalue weighted by atomic mass is 10.2. The zero-order chi connectivity index (χ0) is 14.6. The molecule has 2 rings (SSSR count). The van der Waals surface area contributed by atoms with Gasteiger partial charge in [-0.05, 0) is 30.2 Å². The average Bonchev–Trinajstić information content (AvgIpc) is 2.84. The quantitative estimate of drug-likeness (QED) is 0.891. The molecular weight excluding hydrogens is 298 g/mol. The Morgan fingerprint density at radius 1 is 1.35 bits per heavy atom. The molecule has 5 nitrogen and oxygen atoms in total. The van der Waals surface area contributed by atoms with Crippen LogP contribution in [0.3, 0.4) is 0 Å². The maximum Gasteiger partial charge on any atom is 0.256 e. The van der Waals surface area contributed by atoms with Gasteiger partial charge in [0.15, 0.2) is 0 Å². The Morgan fingerprint density at radius 2 is 2.05 bits per heavy atom. The number of H-pyrrole nitrogens is 1. The first kappa shape index (κ1) is 14.6. The smallest absolute Gasteiger partial charge is 0.256 e. The van der Waals surface area contributed by atoms with Crippen LogP contribution in [0, 0.1) is 0 Å². The Bertz CT molecular complexity index is 705. The lowest BCUT2D eigenvalue weighted by molar-refractivity contribution is 0.609. The van der Waals surface area contributed by atoms with Crippen molar-refractivity contribution in [2.45, 2.75) is 13.3 Å². The van der Waals surface area contributed by atoms with Gasteiger partial charge in [-0.3, -0.25) is 9.82 Å². The zero-order valence-electron chi connectivity index (χ0n) is 10.8. The second-order valence-electron chi connectivity index (χ2n) is 4.13. The highest BCUT2D eigenvalue weighted by Gasteiger charge is 2.10. The first-order valence-electron chi connectivity index (χ1n) is 5.99. The van der Waals surface area contributed by atoms with Gasteiger partial charge in [-0.15, -0.1) is 0 Å². The fourth-order valence-corrected chi connectivity index (χ4v) is 2.58. The van der Waals surface area contributed by atoms with E-state index in [4.69, 9.17) is 11.6 Å². The van der Waals surface area contributed by atoms with Crippen molar-refractivity contribution < 1.29 is 8.42 Å². The standard InChI is InChI=1S/C13H14ClN3O2S/c1-2-11-9-15-16-13(11)17-20(18,19)8-7-10-3-5-12(14)6-4-10/h3-9H,2H2,1H3,(H2,15,16,17)/b8-7+. The number of halogens is 1. The summed E-state index contributed by atoms with van der Waals surface area (Å²) in [6.45, 7) is 1.92. The van der Waals surface area contributed by atoms with E-state index in [1.807, 2.05) is 6.92 Å². The molecule has 2 aromatic rings. The Morgan fingerprint density at radius 3 is 2.70 bits per heavy atom. The van der Waals surface area contributed by atoms with Gasteiger partial charge in [0.2, 0.25) is 0 Å². The highest BCUT2D eigenvalue weighted by atomic mass is 35.5. The molecule has 0 radical (unpaired) electrons. The van der Waals surface area contributed by atoms with E-state index in [-0.39, 0.29) is 0 Å². The minimum Gasteiger partial charge on any atom is -0.264 e. The van der Waals surface area contributed by atoms with Crippen molar-refractivity contribution in [3.63, 3.8) is 0 Å². The molecule has 106 valence electrons. The molecule has 0 atom stereocenters. The number of rotatable bonds is 5. The second kappa shape index (κ2) is 6.11. The van der Waals surface area contributed by atoms with Crippen LogP contribution in [0.25, 0.3) is 6.08 Å². The molecule has 7 heteroatoms. The number of benzene rings is 1. The summed E-state index contributed by atoms with van der Waals surface area (Å²) in [4.78, 5) is 0. The van der Waals surface area contributed by atoms with Gasteiger partial charge in [-0.25, -0.2) is 8.42 Å². The number of hydrogen-bond donors (Lipinski definition) is 2. The SMILES string of the molecule is CCc1cn[nH]c1NS(=O)(=O)/C=C/c1ccc(Cl)cc1. The van der Waals surface area contributed by atoms with Gasteiger partial charge in [0, 0.05) is 10.6 Å². The fraction of sp³-hybridized carbons (Fsp3) is 0.154. The summed E-state index contributed by atoms with van der Waals surface area (Å²) >= 11 is 5.76.